The first-order valence-corrected chi connectivity index (χ1v) is 11.5. The number of imidazole rings is 1. The van der Waals surface area contributed by atoms with Gasteiger partial charge in [0.1, 0.15) is 0 Å². The lowest BCUT2D eigenvalue weighted by molar-refractivity contribution is -0.205. The minimum absolute atomic E-state index is 0.0182. The van der Waals surface area contributed by atoms with Gasteiger partial charge in [0.2, 0.25) is 5.95 Å². The molecule has 2 fully saturated rings. The molecular weight excluding hydrogens is 469 g/mol. The highest BCUT2D eigenvalue weighted by molar-refractivity contribution is 5.77. The zero-order valence-electron chi connectivity index (χ0n) is 19.5. The number of hydrogen-bond acceptors (Lipinski definition) is 7. The van der Waals surface area contributed by atoms with E-state index in [1.165, 1.54) is 21.1 Å². The lowest BCUT2D eigenvalue weighted by Gasteiger charge is -2.36. The molecule has 1 saturated heterocycles. The van der Waals surface area contributed by atoms with Crippen LogP contribution in [-0.2, 0) is 23.1 Å². The van der Waals surface area contributed by atoms with Gasteiger partial charge in [0.05, 0.1) is 13.1 Å². The Morgan fingerprint density at radius 3 is 2.60 bits per heavy atom. The molecule has 0 radical (unpaired) electrons. The zero-order valence-corrected chi connectivity index (χ0v) is 19.5. The highest BCUT2D eigenvalue weighted by Gasteiger charge is 2.44. The SMILES string of the molecule is CC#CCn1c(N2CCNCC2OC(=O)C(F)(F)F)nc2c1c(=O)n(C)c(=O)n2C1CCCCC1. The normalized spacial score (nSPS) is 19.5. The Labute approximate surface area is 198 Å². The third-order valence-corrected chi connectivity index (χ3v) is 6.44. The smallest absolute Gasteiger partial charge is 0.433 e. The number of ether oxygens (including phenoxy) is 1. The third kappa shape index (κ3) is 4.67. The molecule has 2 aromatic rings. The standard InChI is InChI=1S/C22H27F3N6O4/c1-3-4-11-30-16-17(31(14-8-6-5-7-9-14)21(34)28(2)18(16)32)27-20(30)29-12-10-26-13-15(29)35-19(33)22(23,24)25/h14-15,26H,5-13H2,1-2H3. The van der Waals surface area contributed by atoms with E-state index < -0.39 is 29.6 Å². The van der Waals surface area contributed by atoms with Gasteiger partial charge in [0.15, 0.2) is 17.4 Å². The van der Waals surface area contributed by atoms with Crippen molar-refractivity contribution in [3.8, 4) is 11.8 Å². The lowest BCUT2D eigenvalue weighted by Crippen LogP contribution is -2.55. The topological polar surface area (TPSA) is 103 Å². The molecule has 2 aromatic heterocycles. The van der Waals surface area contributed by atoms with Crippen LogP contribution in [0.15, 0.2) is 9.59 Å². The van der Waals surface area contributed by atoms with Crippen molar-refractivity contribution in [2.75, 3.05) is 24.5 Å². The molecule has 1 saturated carbocycles. The molecule has 1 unspecified atom stereocenters. The third-order valence-electron chi connectivity index (χ3n) is 6.44. The van der Waals surface area contributed by atoms with Crippen LogP contribution >= 0.6 is 0 Å². The van der Waals surface area contributed by atoms with Gasteiger partial charge in [-0.3, -0.25) is 18.5 Å². The number of piperazine rings is 1. The zero-order chi connectivity index (χ0) is 25.3. The van der Waals surface area contributed by atoms with Gasteiger partial charge in [-0.1, -0.05) is 25.2 Å². The number of nitrogens with one attached hydrogen (secondary N) is 1. The van der Waals surface area contributed by atoms with Crippen LogP contribution in [0.2, 0.25) is 0 Å². The van der Waals surface area contributed by atoms with E-state index in [2.05, 4.69) is 22.1 Å². The molecule has 4 rings (SSSR count). The summed E-state index contributed by atoms with van der Waals surface area (Å²) in [6.45, 7) is 2.11. The summed E-state index contributed by atoms with van der Waals surface area (Å²) in [4.78, 5) is 44.0. The quantitative estimate of drug-likeness (QED) is 0.502. The van der Waals surface area contributed by atoms with Crippen molar-refractivity contribution >= 4 is 23.1 Å². The average Bonchev–Trinajstić information content (AvgIpc) is 3.20. The van der Waals surface area contributed by atoms with Crippen LogP contribution in [0.25, 0.3) is 11.2 Å². The van der Waals surface area contributed by atoms with Crippen molar-refractivity contribution in [3.63, 3.8) is 0 Å². The molecule has 1 aliphatic heterocycles. The summed E-state index contributed by atoms with van der Waals surface area (Å²) >= 11 is 0. The summed E-state index contributed by atoms with van der Waals surface area (Å²) in [5.74, 6) is 3.42. The molecule has 0 spiro atoms. The second-order valence-electron chi connectivity index (χ2n) is 8.66. The molecule has 190 valence electrons. The van der Waals surface area contributed by atoms with Crippen LogP contribution in [0.3, 0.4) is 0 Å². The van der Waals surface area contributed by atoms with Crippen LogP contribution in [0.5, 0.6) is 0 Å². The first-order chi connectivity index (χ1) is 16.6. The Kier molecular flexibility index (Phi) is 6.93. The molecule has 0 bridgehead atoms. The summed E-state index contributed by atoms with van der Waals surface area (Å²) in [6, 6.07) is -0.152. The van der Waals surface area contributed by atoms with Gasteiger partial charge in [-0.05, 0) is 19.8 Å². The van der Waals surface area contributed by atoms with E-state index in [0.29, 0.717) is 6.54 Å². The van der Waals surface area contributed by atoms with Crippen LogP contribution in [0, 0.1) is 11.8 Å². The molecule has 1 aliphatic carbocycles. The predicted octanol–water partition coefficient (Wildman–Crippen LogP) is 1.27. The Morgan fingerprint density at radius 2 is 1.94 bits per heavy atom. The fourth-order valence-electron chi connectivity index (χ4n) is 4.70. The summed E-state index contributed by atoms with van der Waals surface area (Å²) in [7, 11) is 1.39. The average molecular weight is 496 g/mol. The summed E-state index contributed by atoms with van der Waals surface area (Å²) in [5.41, 5.74) is -0.771. The van der Waals surface area contributed by atoms with E-state index in [1.54, 1.807) is 6.92 Å². The maximum absolute atomic E-state index is 13.2. The van der Waals surface area contributed by atoms with E-state index in [-0.39, 0.29) is 42.8 Å². The predicted molar refractivity (Wildman–Crippen MR) is 121 cm³/mol. The fraction of sp³-hybridized carbons (Fsp3) is 0.636. The van der Waals surface area contributed by atoms with E-state index in [4.69, 9.17) is 4.74 Å². The monoisotopic (exact) mass is 496 g/mol. The number of hydrogen-bond donors (Lipinski definition) is 1. The Balaban J connectivity index is 1.92. The number of carbonyl (C=O) groups is 1. The number of nitrogens with zero attached hydrogens (tertiary/aromatic N) is 5. The Morgan fingerprint density at radius 1 is 1.23 bits per heavy atom. The number of esters is 1. The van der Waals surface area contributed by atoms with Gasteiger partial charge in [-0.2, -0.15) is 18.2 Å². The van der Waals surface area contributed by atoms with Gasteiger partial charge >= 0.3 is 17.8 Å². The van der Waals surface area contributed by atoms with Gasteiger partial charge in [0.25, 0.3) is 5.56 Å². The van der Waals surface area contributed by atoms with Gasteiger partial charge in [-0.25, -0.2) is 9.59 Å². The molecule has 2 aliphatic rings. The molecule has 3 heterocycles. The maximum Gasteiger partial charge on any atom is 0.491 e. The molecule has 0 aromatic carbocycles. The second-order valence-corrected chi connectivity index (χ2v) is 8.66. The first kappa shape index (κ1) is 24.8. The van der Waals surface area contributed by atoms with Gasteiger partial charge in [0, 0.05) is 26.2 Å². The van der Waals surface area contributed by atoms with Crippen molar-refractivity contribution in [3.05, 3.63) is 20.8 Å². The van der Waals surface area contributed by atoms with Crippen LogP contribution in [0.1, 0.15) is 45.1 Å². The van der Waals surface area contributed by atoms with Crippen LogP contribution in [-0.4, -0.2) is 56.7 Å². The van der Waals surface area contributed by atoms with Gasteiger partial charge in [-0.15, -0.1) is 5.92 Å². The molecule has 10 nitrogen and oxygen atoms in total. The fourth-order valence-corrected chi connectivity index (χ4v) is 4.70. The maximum atomic E-state index is 13.2. The Bertz CT molecular complexity index is 1290. The largest absolute Gasteiger partial charge is 0.491 e. The van der Waals surface area contributed by atoms with E-state index in [0.717, 1.165) is 36.7 Å². The Hall–Kier alpha value is -3.27. The van der Waals surface area contributed by atoms with Crippen molar-refractivity contribution in [2.45, 2.75) is 64.0 Å². The summed E-state index contributed by atoms with van der Waals surface area (Å²) in [6.07, 6.45) is -2.05. The number of fused-ring (bicyclic) bond motifs is 1. The lowest BCUT2D eigenvalue weighted by atomic mass is 9.95. The molecule has 1 N–H and O–H groups in total. The highest BCUT2D eigenvalue weighted by Crippen LogP contribution is 2.31. The van der Waals surface area contributed by atoms with Crippen LogP contribution in [0.4, 0.5) is 19.1 Å². The van der Waals surface area contributed by atoms with Crippen LogP contribution < -0.4 is 21.5 Å². The van der Waals surface area contributed by atoms with Crippen molar-refractivity contribution in [1.29, 1.82) is 0 Å². The van der Waals surface area contributed by atoms with E-state index in [1.807, 2.05) is 0 Å². The number of alkyl halides is 3. The number of aromatic nitrogens is 4. The minimum Gasteiger partial charge on any atom is -0.433 e. The minimum atomic E-state index is -5.16. The van der Waals surface area contributed by atoms with Crippen molar-refractivity contribution < 1.29 is 22.7 Å². The molecular formula is C22H27F3N6O4. The number of halogens is 3. The second kappa shape index (κ2) is 9.77. The number of anilines is 1. The molecule has 13 heteroatoms. The molecule has 0 amide bonds. The molecule has 1 atom stereocenters. The van der Waals surface area contributed by atoms with E-state index >= 15 is 0 Å². The van der Waals surface area contributed by atoms with E-state index in [9.17, 15) is 27.6 Å². The highest BCUT2D eigenvalue weighted by atomic mass is 19.4. The van der Waals surface area contributed by atoms with Crippen molar-refractivity contribution in [1.82, 2.24) is 24.0 Å². The number of carbonyl (C=O) groups excluding carboxylic acids is 1. The molecule has 35 heavy (non-hydrogen) atoms. The van der Waals surface area contributed by atoms with Crippen molar-refractivity contribution in [2.24, 2.45) is 7.05 Å². The summed E-state index contributed by atoms with van der Waals surface area (Å²) < 4.78 is 47.5. The van der Waals surface area contributed by atoms with Gasteiger partial charge < -0.3 is 15.0 Å². The first-order valence-electron chi connectivity index (χ1n) is 11.5. The summed E-state index contributed by atoms with van der Waals surface area (Å²) in [5, 5.41) is 2.91. The number of rotatable bonds is 4.